The van der Waals surface area contributed by atoms with Crippen LogP contribution in [0.1, 0.15) is 37.6 Å². The third kappa shape index (κ3) is 5.38. The highest BCUT2D eigenvalue weighted by Gasteiger charge is 2.22. The lowest BCUT2D eigenvalue weighted by molar-refractivity contribution is -0.121. The number of fused-ring (bicyclic) bond motifs is 1. The molecule has 162 valence electrons. The Kier molecular flexibility index (Phi) is 6.78. The molecule has 1 aliphatic heterocycles. The van der Waals surface area contributed by atoms with Crippen molar-refractivity contribution < 1.29 is 14.3 Å². The molecule has 3 aromatic rings. The highest BCUT2D eigenvalue weighted by Crippen LogP contribution is 2.34. The van der Waals surface area contributed by atoms with Gasteiger partial charge in [-0.05, 0) is 35.7 Å². The Morgan fingerprint density at radius 3 is 2.74 bits per heavy atom. The van der Waals surface area contributed by atoms with E-state index in [1.165, 1.54) is 11.3 Å². The molecule has 1 N–H and O–H groups in total. The van der Waals surface area contributed by atoms with E-state index >= 15 is 0 Å². The fraction of sp³-hybridized carbons (Fsp3) is 0.333. The standard InChI is InChI=1S/C24H25ClN2O3S/c1-15(2)23(16-7-8-20-21(12-16)30-10-4-9-29-20)27-22(28)13-19-14-31-24(26-19)17-5-3-6-18(25)11-17/h3,5-8,11-12,14-15,23H,4,9-10,13H2,1-2H3,(H,27,28). The summed E-state index contributed by atoms with van der Waals surface area (Å²) >= 11 is 7.59. The molecule has 0 spiro atoms. The summed E-state index contributed by atoms with van der Waals surface area (Å²) in [4.78, 5) is 17.4. The van der Waals surface area contributed by atoms with Gasteiger partial charge >= 0.3 is 0 Å². The Morgan fingerprint density at radius 1 is 1.16 bits per heavy atom. The van der Waals surface area contributed by atoms with E-state index in [0.717, 1.165) is 39.7 Å². The van der Waals surface area contributed by atoms with Crippen LogP contribution in [-0.4, -0.2) is 24.1 Å². The molecule has 31 heavy (non-hydrogen) atoms. The Bertz CT molecular complexity index is 1070. The fourth-order valence-corrected chi connectivity index (χ4v) is 4.55. The minimum absolute atomic E-state index is 0.0613. The molecule has 0 saturated carbocycles. The third-order valence-electron chi connectivity index (χ3n) is 5.08. The van der Waals surface area contributed by atoms with Crippen LogP contribution in [0.25, 0.3) is 10.6 Å². The van der Waals surface area contributed by atoms with Crippen LogP contribution in [0.3, 0.4) is 0 Å². The maximum Gasteiger partial charge on any atom is 0.226 e. The van der Waals surface area contributed by atoms with Crippen molar-refractivity contribution in [3.05, 3.63) is 64.1 Å². The molecule has 0 radical (unpaired) electrons. The smallest absolute Gasteiger partial charge is 0.226 e. The molecule has 2 aromatic carbocycles. The molecule has 0 saturated heterocycles. The topological polar surface area (TPSA) is 60.5 Å². The predicted octanol–water partition coefficient (Wildman–Crippen LogP) is 5.68. The van der Waals surface area contributed by atoms with Gasteiger partial charge in [0.05, 0.1) is 31.4 Å². The summed E-state index contributed by atoms with van der Waals surface area (Å²) in [5.41, 5.74) is 2.71. The second-order valence-corrected chi connectivity index (χ2v) is 9.17. The van der Waals surface area contributed by atoms with E-state index < -0.39 is 0 Å². The van der Waals surface area contributed by atoms with Crippen molar-refractivity contribution in [1.82, 2.24) is 10.3 Å². The zero-order valence-corrected chi connectivity index (χ0v) is 19.1. The molecule has 0 fully saturated rings. The van der Waals surface area contributed by atoms with E-state index in [1.807, 2.05) is 47.8 Å². The van der Waals surface area contributed by atoms with E-state index in [0.29, 0.717) is 18.2 Å². The van der Waals surface area contributed by atoms with Crippen LogP contribution in [0, 0.1) is 5.92 Å². The van der Waals surface area contributed by atoms with Gasteiger partial charge in [0, 0.05) is 22.4 Å². The van der Waals surface area contributed by atoms with Gasteiger partial charge in [-0.2, -0.15) is 0 Å². The Labute approximate surface area is 191 Å². The third-order valence-corrected chi connectivity index (χ3v) is 6.25. The van der Waals surface area contributed by atoms with Gasteiger partial charge in [-0.25, -0.2) is 4.98 Å². The summed E-state index contributed by atoms with van der Waals surface area (Å²) in [5, 5.41) is 6.62. The Hall–Kier alpha value is -2.57. The zero-order chi connectivity index (χ0) is 21.8. The molecule has 0 bridgehead atoms. The molecule has 1 amide bonds. The molecule has 0 aliphatic carbocycles. The SMILES string of the molecule is CC(C)C(NC(=O)Cc1csc(-c2cccc(Cl)c2)n1)c1ccc2c(c1)OCCCO2. The van der Waals surface area contributed by atoms with Crippen molar-refractivity contribution in [2.75, 3.05) is 13.2 Å². The number of amides is 1. The van der Waals surface area contributed by atoms with E-state index in [9.17, 15) is 4.79 Å². The molecular formula is C24H25ClN2O3S. The van der Waals surface area contributed by atoms with E-state index in [-0.39, 0.29) is 24.3 Å². The van der Waals surface area contributed by atoms with Crippen LogP contribution >= 0.6 is 22.9 Å². The largest absolute Gasteiger partial charge is 0.490 e. The second kappa shape index (κ2) is 9.71. The summed E-state index contributed by atoms with van der Waals surface area (Å²) in [7, 11) is 0. The molecule has 1 atom stereocenters. The minimum Gasteiger partial charge on any atom is -0.490 e. The quantitative estimate of drug-likeness (QED) is 0.518. The van der Waals surface area contributed by atoms with Gasteiger partial charge in [-0.1, -0.05) is 43.6 Å². The zero-order valence-electron chi connectivity index (χ0n) is 17.6. The van der Waals surface area contributed by atoms with Gasteiger partial charge in [0.25, 0.3) is 0 Å². The highest BCUT2D eigenvalue weighted by atomic mass is 35.5. The van der Waals surface area contributed by atoms with Crippen LogP contribution in [-0.2, 0) is 11.2 Å². The lowest BCUT2D eigenvalue weighted by atomic mass is 9.95. The van der Waals surface area contributed by atoms with Crippen LogP contribution in [0.15, 0.2) is 47.8 Å². The summed E-state index contributed by atoms with van der Waals surface area (Å²) in [6, 6.07) is 13.3. The second-order valence-electron chi connectivity index (χ2n) is 7.88. The van der Waals surface area contributed by atoms with Crippen molar-refractivity contribution in [2.24, 2.45) is 5.92 Å². The molecular weight excluding hydrogens is 432 g/mol. The van der Waals surface area contributed by atoms with Gasteiger partial charge < -0.3 is 14.8 Å². The maximum absolute atomic E-state index is 12.8. The number of halogens is 1. The van der Waals surface area contributed by atoms with Gasteiger partial charge in [-0.3, -0.25) is 4.79 Å². The predicted molar refractivity (Wildman–Crippen MR) is 124 cm³/mol. The van der Waals surface area contributed by atoms with E-state index in [2.05, 4.69) is 24.1 Å². The number of benzene rings is 2. The van der Waals surface area contributed by atoms with Crippen LogP contribution < -0.4 is 14.8 Å². The summed E-state index contributed by atoms with van der Waals surface area (Å²) in [6.07, 6.45) is 1.09. The highest BCUT2D eigenvalue weighted by molar-refractivity contribution is 7.13. The van der Waals surface area contributed by atoms with Crippen molar-refractivity contribution in [3.8, 4) is 22.1 Å². The first-order chi connectivity index (χ1) is 15.0. The van der Waals surface area contributed by atoms with Crippen molar-refractivity contribution >= 4 is 28.8 Å². The number of thiazole rings is 1. The van der Waals surface area contributed by atoms with E-state index in [4.69, 9.17) is 21.1 Å². The number of hydrogen-bond donors (Lipinski definition) is 1. The first kappa shape index (κ1) is 21.7. The average molecular weight is 457 g/mol. The fourth-order valence-electron chi connectivity index (χ4n) is 3.54. The normalized spacial score (nSPS) is 14.2. The number of hydrogen-bond acceptors (Lipinski definition) is 5. The summed E-state index contributed by atoms with van der Waals surface area (Å²) in [6.45, 7) is 5.47. The van der Waals surface area contributed by atoms with Crippen LogP contribution in [0.4, 0.5) is 0 Å². The maximum atomic E-state index is 12.8. The van der Waals surface area contributed by atoms with Gasteiger partial charge in [0.1, 0.15) is 5.01 Å². The van der Waals surface area contributed by atoms with Gasteiger partial charge in [0.15, 0.2) is 11.5 Å². The first-order valence-electron chi connectivity index (χ1n) is 10.4. The number of nitrogens with zero attached hydrogens (tertiary/aromatic N) is 1. The molecule has 2 heterocycles. The number of nitrogens with one attached hydrogen (secondary N) is 1. The number of rotatable bonds is 6. The van der Waals surface area contributed by atoms with Crippen LogP contribution in [0.5, 0.6) is 11.5 Å². The van der Waals surface area contributed by atoms with Crippen molar-refractivity contribution in [2.45, 2.75) is 32.7 Å². The lowest BCUT2D eigenvalue weighted by Gasteiger charge is -2.23. The average Bonchev–Trinajstić information content (AvgIpc) is 3.08. The number of aromatic nitrogens is 1. The minimum atomic E-state index is -0.129. The first-order valence-corrected chi connectivity index (χ1v) is 11.6. The van der Waals surface area contributed by atoms with Crippen molar-refractivity contribution in [1.29, 1.82) is 0 Å². The number of ether oxygens (including phenoxy) is 2. The molecule has 4 rings (SSSR count). The molecule has 1 aliphatic rings. The summed E-state index contributed by atoms with van der Waals surface area (Å²) in [5.74, 6) is 1.64. The number of carbonyl (C=O) groups is 1. The lowest BCUT2D eigenvalue weighted by Crippen LogP contribution is -2.33. The molecule has 5 nitrogen and oxygen atoms in total. The van der Waals surface area contributed by atoms with Gasteiger partial charge in [-0.15, -0.1) is 11.3 Å². The molecule has 1 aromatic heterocycles. The molecule has 7 heteroatoms. The molecule has 1 unspecified atom stereocenters. The number of carbonyl (C=O) groups excluding carboxylic acids is 1. The Morgan fingerprint density at radius 2 is 1.97 bits per heavy atom. The summed E-state index contributed by atoms with van der Waals surface area (Å²) < 4.78 is 11.5. The van der Waals surface area contributed by atoms with Crippen LogP contribution in [0.2, 0.25) is 5.02 Å². The van der Waals surface area contributed by atoms with Gasteiger partial charge in [0.2, 0.25) is 5.91 Å². The monoisotopic (exact) mass is 456 g/mol. The van der Waals surface area contributed by atoms with E-state index in [1.54, 1.807) is 0 Å². The van der Waals surface area contributed by atoms with Crippen molar-refractivity contribution in [3.63, 3.8) is 0 Å². The Balaban J connectivity index is 1.46.